The van der Waals surface area contributed by atoms with Crippen LogP contribution < -0.4 is 5.32 Å². The van der Waals surface area contributed by atoms with Gasteiger partial charge >= 0.3 is 6.03 Å². The first-order chi connectivity index (χ1) is 10.6. The van der Waals surface area contributed by atoms with E-state index in [1.54, 1.807) is 21.9 Å². The van der Waals surface area contributed by atoms with Crippen molar-refractivity contribution in [2.75, 3.05) is 26.2 Å². The average molecular weight is 305 g/mol. The quantitative estimate of drug-likeness (QED) is 0.906. The van der Waals surface area contributed by atoms with Crippen molar-refractivity contribution in [1.82, 2.24) is 15.1 Å². The summed E-state index contributed by atoms with van der Waals surface area (Å²) in [5.41, 5.74) is 0.116. The number of amides is 3. The molecule has 2 saturated heterocycles. The molecular weight excluding hydrogens is 285 g/mol. The lowest BCUT2D eigenvalue weighted by atomic mass is 10.0. The van der Waals surface area contributed by atoms with Crippen molar-refractivity contribution in [3.05, 3.63) is 35.6 Å². The highest BCUT2D eigenvalue weighted by molar-refractivity contribution is 5.94. The number of rotatable bonds is 2. The second-order valence-electron chi connectivity index (χ2n) is 5.84. The van der Waals surface area contributed by atoms with Gasteiger partial charge < -0.3 is 15.1 Å². The summed E-state index contributed by atoms with van der Waals surface area (Å²) in [7, 11) is 0. The lowest BCUT2D eigenvalue weighted by Gasteiger charge is -2.36. The van der Waals surface area contributed by atoms with Gasteiger partial charge in [0, 0.05) is 32.2 Å². The fourth-order valence-corrected chi connectivity index (χ4v) is 2.82. The fourth-order valence-electron chi connectivity index (χ4n) is 2.82. The van der Waals surface area contributed by atoms with Crippen molar-refractivity contribution < 1.29 is 14.0 Å². The highest BCUT2D eigenvalue weighted by Crippen LogP contribution is 2.16. The Morgan fingerprint density at radius 3 is 2.32 bits per heavy atom. The van der Waals surface area contributed by atoms with Gasteiger partial charge in [0.2, 0.25) is 0 Å². The SMILES string of the molecule is O=C(NC1CCN(C(=O)c2ccccc2F)CC1)N1CCC1. The van der Waals surface area contributed by atoms with Crippen molar-refractivity contribution in [3.8, 4) is 0 Å². The molecule has 2 aliphatic rings. The maximum atomic E-state index is 13.7. The molecule has 0 spiro atoms. The maximum absolute atomic E-state index is 13.7. The summed E-state index contributed by atoms with van der Waals surface area (Å²) in [4.78, 5) is 27.6. The van der Waals surface area contributed by atoms with Crippen molar-refractivity contribution >= 4 is 11.9 Å². The van der Waals surface area contributed by atoms with Gasteiger partial charge in [-0.2, -0.15) is 0 Å². The minimum absolute atomic E-state index is 0.00914. The number of carbonyl (C=O) groups excluding carboxylic acids is 2. The van der Waals surface area contributed by atoms with Crippen LogP contribution in [-0.4, -0.2) is 54.0 Å². The first kappa shape index (κ1) is 14.8. The summed E-state index contributed by atoms with van der Waals surface area (Å²) in [6.07, 6.45) is 2.49. The normalized spacial score (nSPS) is 18.8. The third-order valence-corrected chi connectivity index (χ3v) is 4.36. The van der Waals surface area contributed by atoms with Crippen molar-refractivity contribution in [1.29, 1.82) is 0 Å². The van der Waals surface area contributed by atoms with Crippen LogP contribution >= 0.6 is 0 Å². The van der Waals surface area contributed by atoms with Gasteiger partial charge in [0.25, 0.3) is 5.91 Å². The number of benzene rings is 1. The van der Waals surface area contributed by atoms with Crippen molar-refractivity contribution in [3.63, 3.8) is 0 Å². The number of carbonyl (C=O) groups is 2. The number of urea groups is 1. The van der Waals surface area contributed by atoms with Gasteiger partial charge in [-0.15, -0.1) is 0 Å². The Bertz CT molecular complexity index is 566. The van der Waals surface area contributed by atoms with Crippen LogP contribution in [-0.2, 0) is 0 Å². The summed E-state index contributed by atoms with van der Waals surface area (Å²) in [6.45, 7) is 2.74. The summed E-state index contributed by atoms with van der Waals surface area (Å²) in [5.74, 6) is -0.758. The molecule has 1 aromatic rings. The molecule has 1 N–H and O–H groups in total. The molecule has 2 aliphatic heterocycles. The van der Waals surface area contributed by atoms with Crippen LogP contribution in [0, 0.1) is 5.82 Å². The Labute approximate surface area is 129 Å². The Hall–Kier alpha value is -2.11. The van der Waals surface area contributed by atoms with E-state index in [-0.39, 0.29) is 23.5 Å². The maximum Gasteiger partial charge on any atom is 0.317 e. The zero-order chi connectivity index (χ0) is 15.5. The molecule has 6 heteroatoms. The minimum atomic E-state index is -0.485. The molecule has 2 fully saturated rings. The Morgan fingerprint density at radius 1 is 1.05 bits per heavy atom. The molecule has 0 saturated carbocycles. The van der Waals surface area contributed by atoms with Gasteiger partial charge in [-0.05, 0) is 31.4 Å². The van der Waals surface area contributed by atoms with Crippen molar-refractivity contribution in [2.45, 2.75) is 25.3 Å². The summed E-state index contributed by atoms with van der Waals surface area (Å²) >= 11 is 0. The van der Waals surface area contributed by atoms with E-state index in [0.717, 1.165) is 19.5 Å². The molecule has 0 radical (unpaired) electrons. The lowest BCUT2D eigenvalue weighted by Crippen LogP contribution is -2.53. The number of likely N-dealkylation sites (tertiary alicyclic amines) is 2. The molecule has 3 rings (SSSR count). The first-order valence-corrected chi connectivity index (χ1v) is 7.74. The van der Waals surface area contributed by atoms with E-state index in [0.29, 0.717) is 25.9 Å². The van der Waals surface area contributed by atoms with E-state index in [1.165, 1.54) is 12.1 Å². The molecule has 3 amide bonds. The van der Waals surface area contributed by atoms with Crippen LogP contribution in [0.15, 0.2) is 24.3 Å². The number of nitrogens with one attached hydrogen (secondary N) is 1. The van der Waals surface area contributed by atoms with E-state index in [4.69, 9.17) is 0 Å². The van der Waals surface area contributed by atoms with E-state index < -0.39 is 5.82 Å². The molecule has 5 nitrogen and oxygen atoms in total. The van der Waals surface area contributed by atoms with Gasteiger partial charge in [-0.1, -0.05) is 12.1 Å². The van der Waals surface area contributed by atoms with Gasteiger partial charge in [0.15, 0.2) is 0 Å². The average Bonchev–Trinajstić information content (AvgIpc) is 2.46. The summed E-state index contributed by atoms with van der Waals surface area (Å²) in [6, 6.07) is 6.13. The second kappa shape index (κ2) is 6.34. The minimum Gasteiger partial charge on any atom is -0.338 e. The van der Waals surface area contributed by atoms with Gasteiger partial charge in [-0.3, -0.25) is 4.79 Å². The first-order valence-electron chi connectivity index (χ1n) is 7.74. The van der Waals surface area contributed by atoms with Crippen molar-refractivity contribution in [2.24, 2.45) is 0 Å². The van der Waals surface area contributed by atoms with Gasteiger partial charge in [-0.25, -0.2) is 9.18 Å². The van der Waals surface area contributed by atoms with Crippen LogP contribution in [0.1, 0.15) is 29.6 Å². The molecule has 0 aromatic heterocycles. The van der Waals surface area contributed by atoms with Crippen LogP contribution in [0.25, 0.3) is 0 Å². The molecule has 2 heterocycles. The van der Waals surface area contributed by atoms with E-state index in [2.05, 4.69) is 5.32 Å². The molecule has 0 bridgehead atoms. The lowest BCUT2D eigenvalue weighted by molar-refractivity contribution is 0.0700. The summed E-state index contributed by atoms with van der Waals surface area (Å²) < 4.78 is 13.7. The van der Waals surface area contributed by atoms with Crippen LogP contribution in [0.4, 0.5) is 9.18 Å². The third kappa shape index (κ3) is 3.05. The number of piperidine rings is 1. The number of hydrogen-bond acceptors (Lipinski definition) is 2. The van der Waals surface area contributed by atoms with Crippen LogP contribution in [0.5, 0.6) is 0 Å². The molecule has 0 atom stereocenters. The highest BCUT2D eigenvalue weighted by Gasteiger charge is 2.28. The van der Waals surface area contributed by atoms with Crippen LogP contribution in [0.2, 0.25) is 0 Å². The van der Waals surface area contributed by atoms with Crippen LogP contribution in [0.3, 0.4) is 0 Å². The predicted molar refractivity (Wildman–Crippen MR) is 80.0 cm³/mol. The zero-order valence-electron chi connectivity index (χ0n) is 12.4. The highest BCUT2D eigenvalue weighted by atomic mass is 19.1. The Kier molecular flexibility index (Phi) is 4.27. The smallest absolute Gasteiger partial charge is 0.317 e. The topological polar surface area (TPSA) is 52.7 Å². The third-order valence-electron chi connectivity index (χ3n) is 4.36. The van der Waals surface area contributed by atoms with Gasteiger partial charge in [0.1, 0.15) is 5.82 Å². The van der Waals surface area contributed by atoms with E-state index in [9.17, 15) is 14.0 Å². The molecule has 0 unspecified atom stereocenters. The number of nitrogens with zero attached hydrogens (tertiary/aromatic N) is 2. The molecule has 22 heavy (non-hydrogen) atoms. The fraction of sp³-hybridized carbons (Fsp3) is 0.500. The molecule has 118 valence electrons. The Morgan fingerprint density at radius 2 is 1.73 bits per heavy atom. The monoisotopic (exact) mass is 305 g/mol. The van der Waals surface area contributed by atoms with E-state index in [1.807, 2.05) is 0 Å². The standard InChI is InChI=1S/C16H20FN3O2/c17-14-5-2-1-4-13(14)15(21)19-10-6-12(7-11-19)18-16(22)20-8-3-9-20/h1-2,4-5,12H,3,6-11H2,(H,18,22). The number of hydrogen-bond donors (Lipinski definition) is 1. The van der Waals surface area contributed by atoms with E-state index >= 15 is 0 Å². The van der Waals surface area contributed by atoms with Gasteiger partial charge in [0.05, 0.1) is 5.56 Å². The molecule has 0 aliphatic carbocycles. The molecular formula is C16H20FN3O2. The summed E-state index contributed by atoms with van der Waals surface area (Å²) in [5, 5.41) is 3.01. The Balaban J connectivity index is 1.52. The second-order valence-corrected chi connectivity index (χ2v) is 5.84. The number of halogens is 1. The predicted octanol–water partition coefficient (Wildman–Crippen LogP) is 1.85. The molecule has 1 aromatic carbocycles. The largest absolute Gasteiger partial charge is 0.338 e. The zero-order valence-corrected chi connectivity index (χ0v) is 12.4.